The summed E-state index contributed by atoms with van der Waals surface area (Å²) < 4.78 is 0. The summed E-state index contributed by atoms with van der Waals surface area (Å²) in [6, 6.07) is 0. The van der Waals surface area contributed by atoms with Gasteiger partial charge in [0.25, 0.3) is 0 Å². The Morgan fingerprint density at radius 3 is 2.71 bits per heavy atom. The Hall–Kier alpha value is -1.65. The molecule has 2 aliphatic rings. The van der Waals surface area contributed by atoms with E-state index in [1.807, 2.05) is 0 Å². The number of nitrogen functional groups attached to an aromatic ring is 1. The average Bonchev–Trinajstić information content (AvgIpc) is 2.81. The molecule has 1 fully saturated rings. The van der Waals surface area contributed by atoms with Gasteiger partial charge in [0.05, 0.1) is 0 Å². The van der Waals surface area contributed by atoms with Crippen LogP contribution in [0.1, 0.15) is 49.4 Å². The molecule has 1 aromatic rings. The molecule has 3 N–H and O–H groups in total. The zero-order valence-electron chi connectivity index (χ0n) is 9.70. The summed E-state index contributed by atoms with van der Waals surface area (Å²) in [6.07, 6.45) is 5.86. The molecule has 0 saturated heterocycles. The molecule has 0 spiro atoms. The van der Waals surface area contributed by atoms with Crippen molar-refractivity contribution in [2.75, 3.05) is 11.1 Å². The van der Waals surface area contributed by atoms with Gasteiger partial charge in [-0.3, -0.25) is 4.79 Å². The molecule has 0 bridgehead atoms. The molecule has 1 saturated carbocycles. The van der Waals surface area contributed by atoms with Crippen molar-refractivity contribution in [3.63, 3.8) is 0 Å². The van der Waals surface area contributed by atoms with Gasteiger partial charge in [-0.05, 0) is 19.3 Å². The van der Waals surface area contributed by atoms with E-state index in [0.29, 0.717) is 30.4 Å². The van der Waals surface area contributed by atoms with E-state index in [2.05, 4.69) is 15.3 Å². The molecule has 0 unspecified atom stereocenters. The minimum Gasteiger partial charge on any atom is -0.383 e. The molecule has 1 amide bonds. The lowest BCUT2D eigenvalue weighted by atomic mass is 10.0. The van der Waals surface area contributed by atoms with Crippen LogP contribution in [0.3, 0.4) is 0 Å². The largest absolute Gasteiger partial charge is 0.383 e. The first-order valence-corrected chi connectivity index (χ1v) is 6.20. The van der Waals surface area contributed by atoms with Gasteiger partial charge in [-0.15, -0.1) is 0 Å². The van der Waals surface area contributed by atoms with Gasteiger partial charge in [0.1, 0.15) is 17.5 Å². The Morgan fingerprint density at radius 1 is 1.18 bits per heavy atom. The number of anilines is 2. The van der Waals surface area contributed by atoms with E-state index >= 15 is 0 Å². The van der Waals surface area contributed by atoms with Crippen LogP contribution in [0.2, 0.25) is 0 Å². The van der Waals surface area contributed by atoms with Gasteiger partial charge in [-0.1, -0.05) is 12.8 Å². The van der Waals surface area contributed by atoms with Crippen molar-refractivity contribution < 1.29 is 4.79 Å². The number of amides is 1. The van der Waals surface area contributed by atoms with Crippen LogP contribution < -0.4 is 11.1 Å². The molecule has 5 nitrogen and oxygen atoms in total. The number of aromatic nitrogens is 2. The summed E-state index contributed by atoms with van der Waals surface area (Å²) in [5.74, 6) is 2.42. The Bertz CT molecular complexity index is 466. The number of nitrogens with two attached hydrogens (primary N) is 1. The van der Waals surface area contributed by atoms with Crippen LogP contribution in [-0.4, -0.2) is 15.9 Å². The topological polar surface area (TPSA) is 80.9 Å². The maximum atomic E-state index is 11.4. The molecular formula is C12H16N4O. The molecule has 0 atom stereocenters. The molecule has 1 aliphatic heterocycles. The molecule has 2 heterocycles. The standard InChI is InChI=1S/C12H16N4O/c13-10-8-5-6-9(17)14-12(8)16-11(15-10)7-3-1-2-4-7/h7H,1-6H2,(H3,13,14,15,16,17). The lowest BCUT2D eigenvalue weighted by Gasteiger charge is -2.19. The van der Waals surface area contributed by atoms with Crippen molar-refractivity contribution >= 4 is 17.5 Å². The fraction of sp³-hybridized carbons (Fsp3) is 0.583. The fourth-order valence-electron chi connectivity index (χ4n) is 2.67. The van der Waals surface area contributed by atoms with Gasteiger partial charge in [0.2, 0.25) is 5.91 Å². The van der Waals surface area contributed by atoms with E-state index < -0.39 is 0 Å². The zero-order valence-corrected chi connectivity index (χ0v) is 9.70. The number of nitrogens with zero attached hydrogens (tertiary/aromatic N) is 2. The summed E-state index contributed by atoms with van der Waals surface area (Å²) in [6.45, 7) is 0. The minimum absolute atomic E-state index is 0.0213. The Kier molecular flexibility index (Phi) is 2.46. The van der Waals surface area contributed by atoms with Crippen molar-refractivity contribution in [3.8, 4) is 0 Å². The van der Waals surface area contributed by atoms with E-state index in [-0.39, 0.29) is 5.91 Å². The number of carbonyl (C=O) groups excluding carboxylic acids is 1. The van der Waals surface area contributed by atoms with Gasteiger partial charge in [-0.2, -0.15) is 0 Å². The van der Waals surface area contributed by atoms with Crippen molar-refractivity contribution in [1.82, 2.24) is 9.97 Å². The zero-order chi connectivity index (χ0) is 11.8. The number of rotatable bonds is 1. The van der Waals surface area contributed by atoms with Crippen LogP contribution in [0.5, 0.6) is 0 Å². The highest BCUT2D eigenvalue weighted by Gasteiger charge is 2.25. The van der Waals surface area contributed by atoms with Gasteiger partial charge < -0.3 is 11.1 Å². The van der Waals surface area contributed by atoms with E-state index in [9.17, 15) is 4.79 Å². The van der Waals surface area contributed by atoms with E-state index in [4.69, 9.17) is 5.73 Å². The monoisotopic (exact) mass is 232 g/mol. The van der Waals surface area contributed by atoms with Crippen molar-refractivity contribution in [2.24, 2.45) is 0 Å². The number of hydrogen-bond donors (Lipinski definition) is 2. The van der Waals surface area contributed by atoms with Crippen molar-refractivity contribution in [1.29, 1.82) is 0 Å². The second-order valence-electron chi connectivity index (χ2n) is 4.82. The number of nitrogens with one attached hydrogen (secondary N) is 1. The fourth-order valence-corrected chi connectivity index (χ4v) is 2.67. The highest BCUT2D eigenvalue weighted by Crippen LogP contribution is 2.34. The molecule has 17 heavy (non-hydrogen) atoms. The van der Waals surface area contributed by atoms with Gasteiger partial charge >= 0.3 is 0 Å². The lowest BCUT2D eigenvalue weighted by Crippen LogP contribution is -2.23. The summed E-state index contributed by atoms with van der Waals surface area (Å²) >= 11 is 0. The number of hydrogen-bond acceptors (Lipinski definition) is 4. The van der Waals surface area contributed by atoms with Gasteiger partial charge in [0, 0.05) is 17.9 Å². The highest BCUT2D eigenvalue weighted by atomic mass is 16.1. The first kappa shape index (κ1) is 10.5. The molecule has 0 aromatic carbocycles. The number of carbonyl (C=O) groups is 1. The molecule has 0 radical (unpaired) electrons. The summed E-state index contributed by atoms with van der Waals surface area (Å²) in [7, 11) is 0. The third-order valence-electron chi connectivity index (χ3n) is 3.64. The Labute approximate surface area is 99.8 Å². The smallest absolute Gasteiger partial charge is 0.225 e. The Balaban J connectivity index is 1.99. The maximum Gasteiger partial charge on any atom is 0.225 e. The van der Waals surface area contributed by atoms with E-state index in [0.717, 1.165) is 24.2 Å². The third-order valence-corrected chi connectivity index (χ3v) is 3.64. The molecule has 1 aromatic heterocycles. The van der Waals surface area contributed by atoms with Crippen molar-refractivity contribution in [3.05, 3.63) is 11.4 Å². The molecule has 3 rings (SSSR count). The quantitative estimate of drug-likeness (QED) is 0.770. The normalized spacial score (nSPS) is 20.1. The first-order valence-electron chi connectivity index (χ1n) is 6.20. The van der Waals surface area contributed by atoms with E-state index in [1.54, 1.807) is 0 Å². The number of fused-ring (bicyclic) bond motifs is 1. The highest BCUT2D eigenvalue weighted by molar-refractivity contribution is 5.93. The minimum atomic E-state index is 0.0213. The maximum absolute atomic E-state index is 11.4. The summed E-state index contributed by atoms with van der Waals surface area (Å²) in [4.78, 5) is 20.2. The summed E-state index contributed by atoms with van der Waals surface area (Å²) in [5, 5.41) is 2.79. The van der Waals surface area contributed by atoms with Gasteiger partial charge in [-0.25, -0.2) is 9.97 Å². The predicted molar refractivity (Wildman–Crippen MR) is 64.6 cm³/mol. The Morgan fingerprint density at radius 2 is 1.94 bits per heavy atom. The van der Waals surface area contributed by atoms with Crippen LogP contribution in [0, 0.1) is 0 Å². The first-order chi connectivity index (χ1) is 8.24. The van der Waals surface area contributed by atoms with Gasteiger partial charge in [0.15, 0.2) is 0 Å². The second kappa shape index (κ2) is 3.98. The van der Waals surface area contributed by atoms with E-state index in [1.165, 1.54) is 12.8 Å². The van der Waals surface area contributed by atoms with Crippen molar-refractivity contribution in [2.45, 2.75) is 44.4 Å². The summed E-state index contributed by atoms with van der Waals surface area (Å²) in [5.41, 5.74) is 6.85. The van der Waals surface area contributed by atoms with Crippen LogP contribution >= 0.6 is 0 Å². The van der Waals surface area contributed by atoms with Crippen LogP contribution in [-0.2, 0) is 11.2 Å². The van der Waals surface area contributed by atoms with Crippen LogP contribution in [0.15, 0.2) is 0 Å². The van der Waals surface area contributed by atoms with Crippen LogP contribution in [0.4, 0.5) is 11.6 Å². The second-order valence-corrected chi connectivity index (χ2v) is 4.82. The lowest BCUT2D eigenvalue weighted by molar-refractivity contribution is -0.116. The predicted octanol–water partition coefficient (Wildman–Crippen LogP) is 1.60. The molecule has 1 aliphatic carbocycles. The third kappa shape index (κ3) is 1.85. The van der Waals surface area contributed by atoms with Crippen LogP contribution in [0.25, 0.3) is 0 Å². The molecule has 5 heteroatoms. The molecular weight excluding hydrogens is 216 g/mol. The SMILES string of the molecule is Nc1nc(C2CCCC2)nc2c1CCC(=O)N2. The average molecular weight is 232 g/mol. The molecule has 90 valence electrons.